The molecule has 0 fully saturated rings. The molecule has 25 heavy (non-hydrogen) atoms. The minimum absolute atomic E-state index is 0.168. The minimum Gasteiger partial charge on any atom is -0.454 e. The molecule has 0 bridgehead atoms. The van der Waals surface area contributed by atoms with E-state index in [4.69, 9.17) is 10.00 Å². The molecule has 0 amide bonds. The second-order valence-corrected chi connectivity index (χ2v) is 6.00. The van der Waals surface area contributed by atoms with Gasteiger partial charge in [-0.1, -0.05) is 24.3 Å². The molecule has 0 atom stereocenters. The molecule has 6 nitrogen and oxygen atoms in total. The number of nitriles is 1. The van der Waals surface area contributed by atoms with Gasteiger partial charge < -0.3 is 4.74 Å². The highest BCUT2D eigenvalue weighted by atomic mass is 79.9. The Morgan fingerprint density at radius 3 is 2.68 bits per heavy atom. The first kappa shape index (κ1) is 16.9. The number of nitrogens with zero attached hydrogens (tertiary/aromatic N) is 3. The summed E-state index contributed by atoms with van der Waals surface area (Å²) in [7, 11) is 0. The molecule has 0 aliphatic carbocycles. The highest BCUT2D eigenvalue weighted by Crippen LogP contribution is 2.17. The van der Waals surface area contributed by atoms with Crippen molar-refractivity contribution < 1.29 is 9.53 Å². The molecule has 0 spiro atoms. The number of hydrogen-bond acceptors (Lipinski definition) is 5. The van der Waals surface area contributed by atoms with Crippen LogP contribution in [0.1, 0.15) is 16.2 Å². The van der Waals surface area contributed by atoms with Gasteiger partial charge in [0.2, 0.25) is 0 Å². The maximum Gasteiger partial charge on any atom is 0.339 e. The van der Waals surface area contributed by atoms with Gasteiger partial charge in [-0.05, 0) is 40.2 Å². The molecule has 2 aromatic carbocycles. The van der Waals surface area contributed by atoms with Crippen LogP contribution in [0.2, 0.25) is 0 Å². The van der Waals surface area contributed by atoms with Crippen LogP contribution < -0.4 is 5.56 Å². The van der Waals surface area contributed by atoms with Gasteiger partial charge in [-0.15, -0.1) is 0 Å². The van der Waals surface area contributed by atoms with Crippen molar-refractivity contribution in [1.29, 1.82) is 5.26 Å². The number of fused-ring (bicyclic) bond motifs is 1. The van der Waals surface area contributed by atoms with E-state index in [-0.39, 0.29) is 24.5 Å². The zero-order valence-electron chi connectivity index (χ0n) is 13.0. The van der Waals surface area contributed by atoms with Gasteiger partial charge in [-0.3, -0.25) is 9.36 Å². The second kappa shape index (κ2) is 7.28. The van der Waals surface area contributed by atoms with E-state index in [1.165, 1.54) is 4.57 Å². The maximum atomic E-state index is 12.5. The van der Waals surface area contributed by atoms with Crippen molar-refractivity contribution in [3.63, 3.8) is 0 Å². The molecule has 0 saturated carbocycles. The summed E-state index contributed by atoms with van der Waals surface area (Å²) >= 11 is 3.29. The lowest BCUT2D eigenvalue weighted by atomic mass is 10.2. The number of para-hydroxylation sites is 1. The molecule has 1 heterocycles. The summed E-state index contributed by atoms with van der Waals surface area (Å²) in [6, 6.07) is 15.6. The van der Waals surface area contributed by atoms with Crippen LogP contribution in [-0.2, 0) is 17.9 Å². The Kier molecular flexibility index (Phi) is 4.91. The molecule has 0 unspecified atom stereocenters. The number of halogens is 1. The van der Waals surface area contributed by atoms with E-state index in [0.29, 0.717) is 20.9 Å². The van der Waals surface area contributed by atoms with Crippen LogP contribution in [0, 0.1) is 11.3 Å². The van der Waals surface area contributed by atoms with E-state index in [0.717, 1.165) is 0 Å². The number of carbonyl (C=O) groups excluding carboxylic acids is 1. The highest BCUT2D eigenvalue weighted by molar-refractivity contribution is 9.10. The molecule has 3 aromatic rings. The third kappa shape index (κ3) is 3.44. The quantitative estimate of drug-likeness (QED) is 0.631. The van der Waals surface area contributed by atoms with E-state index in [9.17, 15) is 9.59 Å². The van der Waals surface area contributed by atoms with Gasteiger partial charge >= 0.3 is 5.97 Å². The van der Waals surface area contributed by atoms with Crippen molar-refractivity contribution in [3.05, 3.63) is 74.7 Å². The van der Waals surface area contributed by atoms with Crippen LogP contribution in [0.5, 0.6) is 0 Å². The van der Waals surface area contributed by atoms with Gasteiger partial charge in [-0.2, -0.15) is 5.26 Å². The minimum atomic E-state index is -0.543. The molecule has 1 aromatic heterocycles. The van der Waals surface area contributed by atoms with Crippen molar-refractivity contribution in [1.82, 2.24) is 9.55 Å². The van der Waals surface area contributed by atoms with Crippen LogP contribution in [0.3, 0.4) is 0 Å². The Morgan fingerprint density at radius 2 is 1.92 bits per heavy atom. The van der Waals surface area contributed by atoms with Crippen molar-refractivity contribution in [2.45, 2.75) is 13.2 Å². The van der Waals surface area contributed by atoms with Gasteiger partial charge in [0.25, 0.3) is 5.56 Å². The maximum absolute atomic E-state index is 12.5. The summed E-state index contributed by atoms with van der Waals surface area (Å²) in [5.74, 6) is -0.316. The largest absolute Gasteiger partial charge is 0.454 e. The summed E-state index contributed by atoms with van der Waals surface area (Å²) in [6.45, 7) is -0.374. The van der Waals surface area contributed by atoms with Crippen molar-refractivity contribution in [2.75, 3.05) is 0 Å². The Labute approximate surface area is 151 Å². The van der Waals surface area contributed by atoms with Gasteiger partial charge in [0.1, 0.15) is 13.2 Å². The lowest BCUT2D eigenvalue weighted by Crippen LogP contribution is -2.26. The van der Waals surface area contributed by atoms with Crippen LogP contribution in [0.15, 0.2) is 57.8 Å². The number of rotatable bonds is 4. The van der Waals surface area contributed by atoms with E-state index >= 15 is 0 Å². The predicted octanol–water partition coefficient (Wildman–Crippen LogP) is 3.04. The third-order valence-electron chi connectivity index (χ3n) is 3.60. The second-order valence-electron chi connectivity index (χ2n) is 5.15. The van der Waals surface area contributed by atoms with E-state index in [2.05, 4.69) is 20.9 Å². The highest BCUT2D eigenvalue weighted by Gasteiger charge is 2.15. The first-order valence-electron chi connectivity index (χ1n) is 7.39. The average molecular weight is 398 g/mol. The summed E-state index contributed by atoms with van der Waals surface area (Å²) in [5.41, 5.74) is 0.533. The van der Waals surface area contributed by atoms with E-state index in [1.54, 1.807) is 48.5 Å². The lowest BCUT2D eigenvalue weighted by molar-refractivity contribution is 0.0456. The van der Waals surface area contributed by atoms with Crippen molar-refractivity contribution >= 4 is 32.8 Å². The first-order chi connectivity index (χ1) is 12.1. The predicted molar refractivity (Wildman–Crippen MR) is 94.9 cm³/mol. The molecule has 0 aliphatic rings. The topological polar surface area (TPSA) is 85.0 Å². The molecule has 0 aliphatic heterocycles. The molecular formula is C18H12BrN3O3. The van der Waals surface area contributed by atoms with Crippen LogP contribution in [0.25, 0.3) is 10.9 Å². The number of ether oxygens (including phenoxy) is 1. The number of carbonyl (C=O) groups is 1. The average Bonchev–Trinajstić information content (AvgIpc) is 2.63. The summed E-state index contributed by atoms with van der Waals surface area (Å²) < 4.78 is 7.12. The lowest BCUT2D eigenvalue weighted by Gasteiger charge is -2.11. The van der Waals surface area contributed by atoms with Crippen molar-refractivity contribution in [2.24, 2.45) is 0 Å². The molecule has 0 N–H and O–H groups in total. The summed E-state index contributed by atoms with van der Waals surface area (Å²) in [6.07, 6.45) is 0. The first-order valence-corrected chi connectivity index (χ1v) is 8.18. The molecular weight excluding hydrogens is 386 g/mol. The Hall–Kier alpha value is -2.98. The van der Waals surface area contributed by atoms with Crippen LogP contribution in [-0.4, -0.2) is 15.5 Å². The Morgan fingerprint density at radius 1 is 1.20 bits per heavy atom. The number of esters is 1. The SMILES string of the molecule is N#CCn1c(COC(=O)c2ccccc2Br)nc2ccccc2c1=O. The fraction of sp³-hybridized carbons (Fsp3) is 0.111. The smallest absolute Gasteiger partial charge is 0.339 e. The monoisotopic (exact) mass is 397 g/mol. The zero-order valence-corrected chi connectivity index (χ0v) is 14.6. The van der Waals surface area contributed by atoms with E-state index < -0.39 is 5.97 Å². The zero-order chi connectivity index (χ0) is 17.8. The van der Waals surface area contributed by atoms with Crippen LogP contribution in [0.4, 0.5) is 0 Å². The number of hydrogen-bond donors (Lipinski definition) is 0. The summed E-state index contributed by atoms with van der Waals surface area (Å²) in [4.78, 5) is 29.1. The number of benzene rings is 2. The van der Waals surface area contributed by atoms with Crippen molar-refractivity contribution in [3.8, 4) is 6.07 Å². The van der Waals surface area contributed by atoms with Crippen LogP contribution >= 0.6 is 15.9 Å². The van der Waals surface area contributed by atoms with Gasteiger partial charge in [-0.25, -0.2) is 9.78 Å². The molecule has 0 saturated heterocycles. The fourth-order valence-corrected chi connectivity index (χ4v) is 2.84. The fourth-order valence-electron chi connectivity index (χ4n) is 2.39. The molecule has 3 rings (SSSR count). The van der Waals surface area contributed by atoms with Gasteiger partial charge in [0.15, 0.2) is 5.82 Å². The summed E-state index contributed by atoms with van der Waals surface area (Å²) in [5, 5.41) is 9.40. The third-order valence-corrected chi connectivity index (χ3v) is 4.29. The number of aromatic nitrogens is 2. The van der Waals surface area contributed by atoms with Gasteiger partial charge in [0.05, 0.1) is 22.5 Å². The normalized spacial score (nSPS) is 10.4. The Balaban J connectivity index is 1.94. The standard InChI is InChI=1S/C18H12BrN3O3/c19-14-7-3-1-5-12(14)18(24)25-11-16-21-15-8-4-2-6-13(15)17(23)22(16)10-9-20/h1-8H,10-11H2. The molecule has 0 radical (unpaired) electrons. The molecule has 7 heteroatoms. The Bertz CT molecular complexity index is 1050. The van der Waals surface area contributed by atoms with Gasteiger partial charge in [0, 0.05) is 4.47 Å². The molecule has 124 valence electrons. The van der Waals surface area contributed by atoms with E-state index in [1.807, 2.05) is 6.07 Å².